The molecule has 1 aromatic rings. The van der Waals surface area contributed by atoms with Crippen molar-refractivity contribution in [3.05, 3.63) is 16.6 Å². The smallest absolute Gasteiger partial charge is 0.181 e. The maximum Gasteiger partial charge on any atom is 0.181 e. The standard InChI is InChI=1S/C10H12N4S.ClH/c1-14-4-2-3-7(6-14)9-8(5-11)15-10(12)13-9;/h3H,2,4,6H2,1H3,(H2,12,13);1H. The van der Waals surface area contributed by atoms with E-state index in [1.165, 1.54) is 11.3 Å². The van der Waals surface area contributed by atoms with Crippen LogP contribution in [0.4, 0.5) is 5.13 Å². The number of nitriles is 1. The quantitative estimate of drug-likeness (QED) is 0.831. The molecule has 2 N–H and O–H groups in total. The minimum atomic E-state index is 0. The van der Waals surface area contributed by atoms with Gasteiger partial charge in [-0.2, -0.15) is 5.26 Å². The molecule has 0 spiro atoms. The van der Waals surface area contributed by atoms with Gasteiger partial charge in [-0.05, 0) is 19.0 Å². The molecule has 0 amide bonds. The average molecular weight is 257 g/mol. The zero-order chi connectivity index (χ0) is 10.8. The number of nitrogens with two attached hydrogens (primary N) is 1. The molecular weight excluding hydrogens is 244 g/mol. The monoisotopic (exact) mass is 256 g/mol. The Balaban J connectivity index is 0.00000128. The van der Waals surface area contributed by atoms with Crippen LogP contribution < -0.4 is 5.73 Å². The van der Waals surface area contributed by atoms with Crippen molar-refractivity contribution in [2.45, 2.75) is 6.42 Å². The lowest BCUT2D eigenvalue weighted by Crippen LogP contribution is -2.25. The molecular formula is C10H13ClN4S. The van der Waals surface area contributed by atoms with E-state index >= 15 is 0 Å². The second-order valence-corrected chi connectivity index (χ2v) is 4.63. The third-order valence-electron chi connectivity index (χ3n) is 2.39. The highest BCUT2D eigenvalue weighted by molar-refractivity contribution is 7.16. The van der Waals surface area contributed by atoms with Gasteiger partial charge < -0.3 is 10.6 Å². The van der Waals surface area contributed by atoms with Crippen molar-refractivity contribution in [1.82, 2.24) is 9.88 Å². The Hall–Kier alpha value is -1.09. The van der Waals surface area contributed by atoms with Crippen LogP contribution in [-0.2, 0) is 0 Å². The summed E-state index contributed by atoms with van der Waals surface area (Å²) in [5.74, 6) is 0. The lowest BCUT2D eigenvalue weighted by atomic mass is 10.1. The van der Waals surface area contributed by atoms with E-state index in [4.69, 9.17) is 11.0 Å². The first-order valence-electron chi connectivity index (χ1n) is 4.75. The third-order valence-corrected chi connectivity index (χ3v) is 3.18. The number of halogens is 1. The van der Waals surface area contributed by atoms with Crippen molar-refractivity contribution >= 4 is 34.4 Å². The van der Waals surface area contributed by atoms with Crippen molar-refractivity contribution in [3.63, 3.8) is 0 Å². The first-order chi connectivity index (χ1) is 7.20. The van der Waals surface area contributed by atoms with Crippen LogP contribution in [0.25, 0.3) is 5.57 Å². The lowest BCUT2D eigenvalue weighted by molar-refractivity contribution is 0.372. The van der Waals surface area contributed by atoms with E-state index in [0.29, 0.717) is 10.0 Å². The van der Waals surface area contributed by atoms with Crippen LogP contribution in [0, 0.1) is 11.3 Å². The summed E-state index contributed by atoms with van der Waals surface area (Å²) in [6.07, 6.45) is 3.16. The van der Waals surface area contributed by atoms with E-state index in [9.17, 15) is 0 Å². The zero-order valence-electron chi connectivity index (χ0n) is 8.93. The molecule has 0 aromatic carbocycles. The molecule has 0 radical (unpaired) electrons. The van der Waals surface area contributed by atoms with Crippen molar-refractivity contribution < 1.29 is 0 Å². The van der Waals surface area contributed by atoms with Gasteiger partial charge in [0.2, 0.25) is 0 Å². The van der Waals surface area contributed by atoms with E-state index in [2.05, 4.69) is 29.1 Å². The van der Waals surface area contributed by atoms with Crippen LogP contribution in [0.2, 0.25) is 0 Å². The highest BCUT2D eigenvalue weighted by Crippen LogP contribution is 2.27. The number of anilines is 1. The summed E-state index contributed by atoms with van der Waals surface area (Å²) < 4.78 is 0. The fourth-order valence-electron chi connectivity index (χ4n) is 1.70. The molecule has 1 aliphatic heterocycles. The number of nitrogens with zero attached hydrogens (tertiary/aromatic N) is 3. The maximum atomic E-state index is 8.95. The minimum Gasteiger partial charge on any atom is -0.375 e. The molecule has 86 valence electrons. The largest absolute Gasteiger partial charge is 0.375 e. The summed E-state index contributed by atoms with van der Waals surface area (Å²) in [6, 6.07) is 2.15. The van der Waals surface area contributed by atoms with Crippen LogP contribution >= 0.6 is 23.7 Å². The predicted octanol–water partition coefficient (Wildman–Crippen LogP) is 1.74. The van der Waals surface area contributed by atoms with Crippen LogP contribution in [0.5, 0.6) is 0 Å². The Labute approximate surface area is 105 Å². The second-order valence-electron chi connectivity index (χ2n) is 3.60. The molecule has 0 unspecified atom stereocenters. The average Bonchev–Trinajstić information content (AvgIpc) is 2.59. The van der Waals surface area contributed by atoms with E-state index in [0.717, 1.165) is 30.8 Å². The van der Waals surface area contributed by atoms with Gasteiger partial charge in [0.1, 0.15) is 10.9 Å². The molecule has 0 aliphatic carbocycles. The Morgan fingerprint density at radius 3 is 3.00 bits per heavy atom. The van der Waals surface area contributed by atoms with E-state index in [1.807, 2.05) is 0 Å². The molecule has 0 saturated carbocycles. The van der Waals surface area contributed by atoms with Gasteiger partial charge in [-0.3, -0.25) is 0 Å². The summed E-state index contributed by atoms with van der Waals surface area (Å²) >= 11 is 1.26. The van der Waals surface area contributed by atoms with E-state index < -0.39 is 0 Å². The van der Waals surface area contributed by atoms with Gasteiger partial charge in [0.15, 0.2) is 5.13 Å². The maximum absolute atomic E-state index is 8.95. The molecule has 1 aromatic heterocycles. The van der Waals surface area contributed by atoms with Gasteiger partial charge in [-0.25, -0.2) is 4.98 Å². The van der Waals surface area contributed by atoms with Gasteiger partial charge in [-0.1, -0.05) is 17.4 Å². The van der Waals surface area contributed by atoms with Crippen molar-refractivity contribution in [1.29, 1.82) is 5.26 Å². The molecule has 0 atom stereocenters. The second kappa shape index (κ2) is 5.30. The molecule has 0 bridgehead atoms. The van der Waals surface area contributed by atoms with Gasteiger partial charge in [0, 0.05) is 13.1 Å². The minimum absolute atomic E-state index is 0. The van der Waals surface area contributed by atoms with Gasteiger partial charge in [0.05, 0.1) is 5.69 Å². The van der Waals surface area contributed by atoms with E-state index in [-0.39, 0.29) is 12.4 Å². The van der Waals surface area contributed by atoms with Crippen LogP contribution in [-0.4, -0.2) is 30.0 Å². The summed E-state index contributed by atoms with van der Waals surface area (Å²) in [5, 5.41) is 9.42. The molecule has 2 rings (SSSR count). The Morgan fingerprint density at radius 2 is 2.38 bits per heavy atom. The number of aromatic nitrogens is 1. The summed E-state index contributed by atoms with van der Waals surface area (Å²) in [6.45, 7) is 1.91. The topological polar surface area (TPSA) is 65.9 Å². The van der Waals surface area contributed by atoms with Crippen LogP contribution in [0.15, 0.2) is 6.08 Å². The number of hydrogen-bond acceptors (Lipinski definition) is 5. The van der Waals surface area contributed by atoms with Crippen molar-refractivity contribution in [2.24, 2.45) is 0 Å². The van der Waals surface area contributed by atoms with Crippen LogP contribution in [0.3, 0.4) is 0 Å². The summed E-state index contributed by atoms with van der Waals surface area (Å²) in [7, 11) is 2.06. The lowest BCUT2D eigenvalue weighted by Gasteiger charge is -2.21. The number of hydrogen-bond donors (Lipinski definition) is 1. The third kappa shape index (κ3) is 2.53. The SMILES string of the molecule is CN1CCC=C(c2nc(N)sc2C#N)C1.Cl. The number of rotatable bonds is 1. The fourth-order valence-corrected chi connectivity index (χ4v) is 2.36. The van der Waals surface area contributed by atoms with Gasteiger partial charge >= 0.3 is 0 Å². The van der Waals surface area contributed by atoms with E-state index in [1.54, 1.807) is 0 Å². The highest BCUT2D eigenvalue weighted by atomic mass is 35.5. The fraction of sp³-hybridized carbons (Fsp3) is 0.400. The Kier molecular flexibility index (Phi) is 4.30. The van der Waals surface area contributed by atoms with Crippen molar-refractivity contribution in [3.8, 4) is 6.07 Å². The molecule has 0 saturated heterocycles. The first kappa shape index (κ1) is 13.0. The molecule has 4 nitrogen and oxygen atoms in total. The van der Waals surface area contributed by atoms with Crippen LogP contribution in [0.1, 0.15) is 17.0 Å². The molecule has 0 fully saturated rings. The van der Waals surface area contributed by atoms with Crippen molar-refractivity contribution in [2.75, 3.05) is 25.9 Å². The summed E-state index contributed by atoms with van der Waals surface area (Å²) in [4.78, 5) is 7.05. The molecule has 6 heteroatoms. The molecule has 1 aliphatic rings. The highest BCUT2D eigenvalue weighted by Gasteiger charge is 2.17. The zero-order valence-corrected chi connectivity index (χ0v) is 10.6. The molecule has 16 heavy (non-hydrogen) atoms. The number of nitrogen functional groups attached to an aromatic ring is 1. The first-order valence-corrected chi connectivity index (χ1v) is 5.56. The van der Waals surface area contributed by atoms with Gasteiger partial charge in [0.25, 0.3) is 0 Å². The molecule has 2 heterocycles. The Bertz CT molecular complexity index is 446. The number of thiazole rings is 1. The predicted molar refractivity (Wildman–Crippen MR) is 68.6 cm³/mol. The van der Waals surface area contributed by atoms with Gasteiger partial charge in [-0.15, -0.1) is 12.4 Å². The number of likely N-dealkylation sites (N-methyl/N-ethyl adjacent to an activating group) is 1. The Morgan fingerprint density at radius 1 is 1.62 bits per heavy atom. The normalized spacial score (nSPS) is 16.1. The summed E-state index contributed by atoms with van der Waals surface area (Å²) in [5.41, 5.74) is 7.50.